The Labute approximate surface area is 150 Å². The number of hydrogen-bond donors (Lipinski definition) is 2. The van der Waals surface area contributed by atoms with Crippen molar-refractivity contribution in [1.29, 1.82) is 0 Å². The van der Waals surface area contributed by atoms with E-state index in [0.29, 0.717) is 12.8 Å². The second-order valence-electron chi connectivity index (χ2n) is 7.49. The Hall–Kier alpha value is -0.570. The van der Waals surface area contributed by atoms with E-state index in [1.807, 2.05) is 6.92 Å². The van der Waals surface area contributed by atoms with Crippen LogP contribution in [0.5, 0.6) is 0 Å². The smallest absolute Gasteiger partial charge is 0.306 e. The van der Waals surface area contributed by atoms with Gasteiger partial charge in [0, 0.05) is 0 Å². The minimum atomic E-state index is -0.997. The average Bonchev–Trinajstić information content (AvgIpc) is 2.54. The second-order valence-corrected chi connectivity index (χ2v) is 7.49. The number of hydrogen-bond acceptors (Lipinski definition) is 2. The van der Waals surface area contributed by atoms with E-state index in [4.69, 9.17) is 5.11 Å². The molecule has 0 aliphatic carbocycles. The average molecular weight is 343 g/mol. The van der Waals surface area contributed by atoms with Gasteiger partial charge in [0.15, 0.2) is 0 Å². The maximum absolute atomic E-state index is 10.8. The number of carboxylic acid groups (broad SMARTS) is 1. The standard InChI is InChI=1S/C21H42O3/c1-3-5-6-7-8-9-10-11-12-13-14-15-16-17-18-21(24,4-2)19-20(22)23/h24H,3-19H2,1-2H3,(H,22,23). The number of carboxylic acids is 1. The molecule has 0 bridgehead atoms. The zero-order chi connectivity index (χ0) is 18.1. The molecule has 0 aliphatic heterocycles. The highest BCUT2D eigenvalue weighted by atomic mass is 16.4. The van der Waals surface area contributed by atoms with Crippen molar-refractivity contribution < 1.29 is 15.0 Å². The Morgan fingerprint density at radius 2 is 1.08 bits per heavy atom. The number of carbonyl (C=O) groups is 1. The van der Waals surface area contributed by atoms with E-state index in [-0.39, 0.29) is 6.42 Å². The van der Waals surface area contributed by atoms with Gasteiger partial charge in [0.2, 0.25) is 0 Å². The van der Waals surface area contributed by atoms with Crippen LogP contribution in [0.15, 0.2) is 0 Å². The van der Waals surface area contributed by atoms with Crippen molar-refractivity contribution in [2.24, 2.45) is 0 Å². The highest BCUT2D eigenvalue weighted by Crippen LogP contribution is 2.23. The van der Waals surface area contributed by atoms with Gasteiger partial charge in [-0.2, -0.15) is 0 Å². The van der Waals surface area contributed by atoms with Gasteiger partial charge in [-0.1, -0.05) is 104 Å². The van der Waals surface area contributed by atoms with Crippen molar-refractivity contribution in [3.8, 4) is 0 Å². The first-order chi connectivity index (χ1) is 11.5. The van der Waals surface area contributed by atoms with Crippen molar-refractivity contribution in [1.82, 2.24) is 0 Å². The normalized spacial score (nSPS) is 13.8. The molecule has 144 valence electrons. The highest BCUT2D eigenvalue weighted by molar-refractivity contribution is 5.68. The summed E-state index contributed by atoms with van der Waals surface area (Å²) in [7, 11) is 0. The molecule has 0 amide bonds. The van der Waals surface area contributed by atoms with Gasteiger partial charge in [0.25, 0.3) is 0 Å². The van der Waals surface area contributed by atoms with E-state index in [9.17, 15) is 9.90 Å². The largest absolute Gasteiger partial charge is 0.481 e. The molecule has 0 rings (SSSR count). The van der Waals surface area contributed by atoms with Crippen LogP contribution in [-0.2, 0) is 4.79 Å². The zero-order valence-corrected chi connectivity index (χ0v) is 16.3. The Bertz CT molecular complexity index is 291. The summed E-state index contributed by atoms with van der Waals surface area (Å²) in [5, 5.41) is 19.0. The first-order valence-electron chi connectivity index (χ1n) is 10.5. The SMILES string of the molecule is CCCCCCCCCCCCCCCCC(O)(CC)CC(=O)O. The van der Waals surface area contributed by atoms with Crippen LogP contribution < -0.4 is 0 Å². The quantitative estimate of drug-likeness (QED) is 0.280. The molecule has 1 atom stereocenters. The molecule has 3 heteroatoms. The lowest BCUT2D eigenvalue weighted by atomic mass is 9.90. The number of aliphatic hydroxyl groups is 1. The third kappa shape index (κ3) is 15.0. The third-order valence-corrected chi connectivity index (χ3v) is 5.13. The van der Waals surface area contributed by atoms with E-state index >= 15 is 0 Å². The molecule has 0 saturated heterocycles. The third-order valence-electron chi connectivity index (χ3n) is 5.13. The molecule has 0 saturated carbocycles. The predicted octanol–water partition coefficient (Wildman–Crippen LogP) is 6.47. The molecule has 0 aromatic rings. The van der Waals surface area contributed by atoms with E-state index in [1.165, 1.54) is 77.0 Å². The molecule has 0 heterocycles. The van der Waals surface area contributed by atoms with Crippen molar-refractivity contribution in [3.05, 3.63) is 0 Å². The van der Waals surface area contributed by atoms with Crippen LogP contribution in [0.1, 0.15) is 123 Å². The fourth-order valence-electron chi connectivity index (χ4n) is 3.32. The maximum Gasteiger partial charge on any atom is 0.306 e. The lowest BCUT2D eigenvalue weighted by Gasteiger charge is -2.24. The molecule has 1 unspecified atom stereocenters. The molecule has 3 nitrogen and oxygen atoms in total. The van der Waals surface area contributed by atoms with Gasteiger partial charge in [-0.25, -0.2) is 0 Å². The molecule has 0 aromatic heterocycles. The minimum Gasteiger partial charge on any atom is -0.481 e. The second kappa shape index (κ2) is 15.9. The molecule has 0 fully saturated rings. The van der Waals surface area contributed by atoms with Gasteiger partial charge >= 0.3 is 5.97 Å². The van der Waals surface area contributed by atoms with Crippen LogP contribution in [0, 0.1) is 0 Å². The summed E-state index contributed by atoms with van der Waals surface area (Å²) in [6.45, 7) is 4.13. The topological polar surface area (TPSA) is 57.5 Å². The van der Waals surface area contributed by atoms with Gasteiger partial charge < -0.3 is 10.2 Å². The van der Waals surface area contributed by atoms with Crippen molar-refractivity contribution >= 4 is 5.97 Å². The van der Waals surface area contributed by atoms with Crippen LogP contribution in [0.2, 0.25) is 0 Å². The highest BCUT2D eigenvalue weighted by Gasteiger charge is 2.27. The molecule has 24 heavy (non-hydrogen) atoms. The van der Waals surface area contributed by atoms with Crippen molar-refractivity contribution in [2.75, 3.05) is 0 Å². The van der Waals surface area contributed by atoms with E-state index < -0.39 is 11.6 Å². The summed E-state index contributed by atoms with van der Waals surface area (Å²) < 4.78 is 0. The van der Waals surface area contributed by atoms with Crippen LogP contribution in [0.4, 0.5) is 0 Å². The summed E-state index contributed by atoms with van der Waals surface area (Å²) in [6.07, 6.45) is 19.4. The fraction of sp³-hybridized carbons (Fsp3) is 0.952. The van der Waals surface area contributed by atoms with Crippen LogP contribution in [0.25, 0.3) is 0 Å². The van der Waals surface area contributed by atoms with Gasteiger partial charge in [0.1, 0.15) is 0 Å². The van der Waals surface area contributed by atoms with E-state index in [1.54, 1.807) is 0 Å². The number of aliphatic carboxylic acids is 1. The van der Waals surface area contributed by atoms with Crippen LogP contribution in [-0.4, -0.2) is 21.8 Å². The summed E-state index contributed by atoms with van der Waals surface area (Å²) >= 11 is 0. The molecule has 0 radical (unpaired) electrons. The Balaban J connectivity index is 3.32. The molecule has 0 spiro atoms. The summed E-state index contributed by atoms with van der Waals surface area (Å²) in [5.74, 6) is -0.898. The first kappa shape index (κ1) is 23.4. The molecule has 0 aromatic carbocycles. The summed E-state index contributed by atoms with van der Waals surface area (Å²) in [4.78, 5) is 10.8. The molecule has 0 aliphatic rings. The van der Waals surface area contributed by atoms with Crippen molar-refractivity contribution in [2.45, 2.75) is 129 Å². The Morgan fingerprint density at radius 1 is 0.708 bits per heavy atom. The molecule has 2 N–H and O–H groups in total. The van der Waals surface area contributed by atoms with E-state index in [0.717, 1.165) is 12.8 Å². The monoisotopic (exact) mass is 342 g/mol. The molecular weight excluding hydrogens is 300 g/mol. The Kier molecular flexibility index (Phi) is 15.6. The summed E-state index contributed by atoms with van der Waals surface area (Å²) in [5.41, 5.74) is -0.997. The maximum atomic E-state index is 10.8. The lowest BCUT2D eigenvalue weighted by molar-refractivity contribution is -0.143. The molecular formula is C21H42O3. The van der Waals surface area contributed by atoms with Gasteiger partial charge in [-0.3, -0.25) is 4.79 Å². The number of rotatable bonds is 18. The fourth-order valence-corrected chi connectivity index (χ4v) is 3.32. The van der Waals surface area contributed by atoms with Crippen LogP contribution in [0.3, 0.4) is 0 Å². The predicted molar refractivity (Wildman–Crippen MR) is 102 cm³/mol. The first-order valence-corrected chi connectivity index (χ1v) is 10.5. The Morgan fingerprint density at radius 3 is 1.42 bits per heavy atom. The zero-order valence-electron chi connectivity index (χ0n) is 16.3. The van der Waals surface area contributed by atoms with E-state index in [2.05, 4.69) is 6.92 Å². The van der Waals surface area contributed by atoms with Crippen LogP contribution >= 0.6 is 0 Å². The lowest BCUT2D eigenvalue weighted by Crippen LogP contribution is -2.30. The summed E-state index contributed by atoms with van der Waals surface area (Å²) in [6, 6.07) is 0. The van der Waals surface area contributed by atoms with Gasteiger partial charge in [-0.15, -0.1) is 0 Å². The minimum absolute atomic E-state index is 0.123. The van der Waals surface area contributed by atoms with Crippen molar-refractivity contribution in [3.63, 3.8) is 0 Å². The number of unbranched alkanes of at least 4 members (excludes halogenated alkanes) is 13. The van der Waals surface area contributed by atoms with Gasteiger partial charge in [0.05, 0.1) is 12.0 Å². The van der Waals surface area contributed by atoms with Gasteiger partial charge in [-0.05, 0) is 12.8 Å².